The van der Waals surface area contributed by atoms with Gasteiger partial charge in [0.2, 0.25) is 0 Å². The highest BCUT2D eigenvalue weighted by Gasteiger charge is 2.13. The SMILES string of the molecule is NC(CSCc1noc(-c2ccc(Cl)cc2)n1)C(=O)O. The molecule has 0 amide bonds. The summed E-state index contributed by atoms with van der Waals surface area (Å²) < 4.78 is 5.13. The van der Waals surface area contributed by atoms with Gasteiger partial charge in [-0.05, 0) is 24.3 Å². The highest BCUT2D eigenvalue weighted by Crippen LogP contribution is 2.20. The number of halogens is 1. The Bertz CT molecular complexity index is 588. The van der Waals surface area contributed by atoms with Crippen LogP contribution in [0.15, 0.2) is 28.8 Å². The second kappa shape index (κ2) is 6.74. The Balaban J connectivity index is 1.92. The molecule has 2 aromatic rings. The van der Waals surface area contributed by atoms with E-state index in [9.17, 15) is 4.79 Å². The molecule has 0 aliphatic rings. The van der Waals surface area contributed by atoms with Gasteiger partial charge in [0.25, 0.3) is 5.89 Å². The molecule has 1 aromatic carbocycles. The van der Waals surface area contributed by atoms with Crippen LogP contribution in [-0.2, 0) is 10.5 Å². The lowest BCUT2D eigenvalue weighted by molar-refractivity contribution is -0.137. The molecule has 106 valence electrons. The number of carbonyl (C=O) groups is 1. The van der Waals surface area contributed by atoms with Crippen molar-refractivity contribution in [3.63, 3.8) is 0 Å². The Morgan fingerprint density at radius 3 is 2.80 bits per heavy atom. The van der Waals surface area contributed by atoms with Crippen LogP contribution in [0.1, 0.15) is 5.82 Å². The van der Waals surface area contributed by atoms with E-state index in [1.165, 1.54) is 11.8 Å². The lowest BCUT2D eigenvalue weighted by Gasteiger charge is -2.03. The Morgan fingerprint density at radius 1 is 1.45 bits per heavy atom. The maximum atomic E-state index is 10.6. The summed E-state index contributed by atoms with van der Waals surface area (Å²) in [7, 11) is 0. The molecule has 6 nitrogen and oxygen atoms in total. The second-order valence-electron chi connectivity index (χ2n) is 3.98. The highest BCUT2D eigenvalue weighted by atomic mass is 35.5. The quantitative estimate of drug-likeness (QED) is 0.841. The topological polar surface area (TPSA) is 102 Å². The van der Waals surface area contributed by atoms with E-state index < -0.39 is 12.0 Å². The summed E-state index contributed by atoms with van der Waals surface area (Å²) in [6.07, 6.45) is 0. The zero-order valence-corrected chi connectivity index (χ0v) is 11.9. The summed E-state index contributed by atoms with van der Waals surface area (Å²) in [4.78, 5) is 14.8. The summed E-state index contributed by atoms with van der Waals surface area (Å²) in [5.41, 5.74) is 6.17. The molecule has 0 spiro atoms. The number of hydrogen-bond acceptors (Lipinski definition) is 6. The monoisotopic (exact) mass is 313 g/mol. The Morgan fingerprint density at radius 2 is 2.15 bits per heavy atom. The minimum atomic E-state index is -1.02. The summed E-state index contributed by atoms with van der Waals surface area (Å²) in [5, 5.41) is 13.1. The molecular formula is C12H12ClN3O3S. The third kappa shape index (κ3) is 3.96. The Hall–Kier alpha value is -1.57. The van der Waals surface area contributed by atoms with Crippen molar-refractivity contribution < 1.29 is 14.4 Å². The van der Waals surface area contributed by atoms with Gasteiger partial charge in [0.1, 0.15) is 6.04 Å². The molecule has 2 rings (SSSR count). The molecule has 0 fully saturated rings. The molecular weight excluding hydrogens is 302 g/mol. The van der Waals surface area contributed by atoms with Crippen molar-refractivity contribution in [2.75, 3.05) is 5.75 Å². The standard InChI is InChI=1S/C12H12ClN3O3S/c13-8-3-1-7(2-4-8)11-15-10(16-19-11)6-20-5-9(14)12(17)18/h1-4,9H,5-6,14H2,(H,17,18). The maximum absolute atomic E-state index is 10.6. The number of thioether (sulfide) groups is 1. The van der Waals surface area contributed by atoms with Crippen molar-refractivity contribution in [3.8, 4) is 11.5 Å². The number of rotatable bonds is 6. The first-order valence-electron chi connectivity index (χ1n) is 5.71. The molecule has 3 N–H and O–H groups in total. The van der Waals surface area contributed by atoms with Gasteiger partial charge >= 0.3 is 5.97 Å². The fourth-order valence-corrected chi connectivity index (χ4v) is 2.31. The van der Waals surface area contributed by atoms with Gasteiger partial charge in [-0.25, -0.2) is 0 Å². The predicted octanol–water partition coefficient (Wildman–Crippen LogP) is 2.04. The van der Waals surface area contributed by atoms with Crippen LogP contribution in [0.25, 0.3) is 11.5 Å². The van der Waals surface area contributed by atoms with E-state index in [4.69, 9.17) is 27.0 Å². The second-order valence-corrected chi connectivity index (χ2v) is 5.45. The fourth-order valence-electron chi connectivity index (χ4n) is 1.37. The van der Waals surface area contributed by atoms with Gasteiger partial charge < -0.3 is 15.4 Å². The van der Waals surface area contributed by atoms with E-state index in [0.29, 0.717) is 28.2 Å². The highest BCUT2D eigenvalue weighted by molar-refractivity contribution is 7.98. The average molecular weight is 314 g/mol. The number of nitrogens with zero attached hydrogens (tertiary/aromatic N) is 2. The number of aromatic nitrogens is 2. The lowest BCUT2D eigenvalue weighted by Crippen LogP contribution is -2.32. The van der Waals surface area contributed by atoms with Crippen LogP contribution in [0.5, 0.6) is 0 Å². The smallest absolute Gasteiger partial charge is 0.321 e. The van der Waals surface area contributed by atoms with E-state index in [-0.39, 0.29) is 0 Å². The van der Waals surface area contributed by atoms with Crippen molar-refractivity contribution in [2.45, 2.75) is 11.8 Å². The number of carboxylic acids is 1. The average Bonchev–Trinajstić information content (AvgIpc) is 2.88. The normalized spacial score (nSPS) is 12.3. The Kier molecular flexibility index (Phi) is 4.99. The third-order valence-corrected chi connectivity index (χ3v) is 3.71. The number of benzene rings is 1. The molecule has 20 heavy (non-hydrogen) atoms. The molecule has 1 heterocycles. The fraction of sp³-hybridized carbons (Fsp3) is 0.250. The first-order chi connectivity index (χ1) is 9.56. The van der Waals surface area contributed by atoms with Gasteiger partial charge in [0, 0.05) is 16.3 Å². The van der Waals surface area contributed by atoms with Gasteiger partial charge in [0.15, 0.2) is 5.82 Å². The molecule has 1 unspecified atom stereocenters. The van der Waals surface area contributed by atoms with Gasteiger partial charge in [-0.1, -0.05) is 16.8 Å². The zero-order chi connectivity index (χ0) is 14.5. The van der Waals surface area contributed by atoms with Crippen molar-refractivity contribution >= 4 is 29.3 Å². The lowest BCUT2D eigenvalue weighted by atomic mass is 10.2. The summed E-state index contributed by atoms with van der Waals surface area (Å²) >= 11 is 7.14. The van der Waals surface area contributed by atoms with Crippen LogP contribution in [0.4, 0.5) is 0 Å². The number of nitrogens with two attached hydrogens (primary N) is 1. The van der Waals surface area contributed by atoms with Crippen molar-refractivity contribution in [3.05, 3.63) is 35.1 Å². The van der Waals surface area contributed by atoms with Gasteiger partial charge in [0.05, 0.1) is 5.75 Å². The van der Waals surface area contributed by atoms with Gasteiger partial charge in [-0.3, -0.25) is 4.79 Å². The third-order valence-electron chi connectivity index (χ3n) is 2.41. The first kappa shape index (κ1) is 14.8. The largest absolute Gasteiger partial charge is 0.480 e. The van der Waals surface area contributed by atoms with Crippen LogP contribution >= 0.6 is 23.4 Å². The first-order valence-corrected chi connectivity index (χ1v) is 7.24. The van der Waals surface area contributed by atoms with Crippen molar-refractivity contribution in [2.24, 2.45) is 5.73 Å². The van der Waals surface area contributed by atoms with Gasteiger partial charge in [-0.15, -0.1) is 0 Å². The van der Waals surface area contributed by atoms with E-state index in [1.807, 2.05) is 0 Å². The summed E-state index contributed by atoms with van der Waals surface area (Å²) in [5.74, 6) is 0.614. The zero-order valence-electron chi connectivity index (χ0n) is 10.3. The minimum Gasteiger partial charge on any atom is -0.480 e. The van der Waals surface area contributed by atoms with Crippen molar-refractivity contribution in [1.82, 2.24) is 10.1 Å². The number of hydrogen-bond donors (Lipinski definition) is 2. The molecule has 1 atom stereocenters. The number of carboxylic acid groups (broad SMARTS) is 1. The Labute approximate surface area is 124 Å². The summed E-state index contributed by atoms with van der Waals surface area (Å²) in [6, 6.07) is 6.16. The van der Waals surface area contributed by atoms with Crippen LogP contribution in [0.3, 0.4) is 0 Å². The van der Waals surface area contributed by atoms with Crippen molar-refractivity contribution in [1.29, 1.82) is 0 Å². The van der Waals surface area contributed by atoms with Crippen LogP contribution in [-0.4, -0.2) is 33.0 Å². The summed E-state index contributed by atoms with van der Waals surface area (Å²) in [6.45, 7) is 0. The molecule has 0 saturated carbocycles. The molecule has 1 aromatic heterocycles. The molecule has 0 aliphatic heterocycles. The minimum absolute atomic E-state index is 0.292. The molecule has 8 heteroatoms. The molecule has 0 aliphatic carbocycles. The molecule has 0 radical (unpaired) electrons. The maximum Gasteiger partial charge on any atom is 0.321 e. The molecule has 0 bridgehead atoms. The number of aliphatic carboxylic acids is 1. The predicted molar refractivity (Wildman–Crippen MR) is 76.5 cm³/mol. The van der Waals surface area contributed by atoms with E-state index in [0.717, 1.165) is 5.56 Å². The van der Waals surface area contributed by atoms with Crippen LogP contribution < -0.4 is 5.73 Å². The van der Waals surface area contributed by atoms with E-state index >= 15 is 0 Å². The van der Waals surface area contributed by atoms with E-state index in [1.54, 1.807) is 24.3 Å². The molecule has 0 saturated heterocycles. The van der Waals surface area contributed by atoms with Gasteiger partial charge in [-0.2, -0.15) is 16.7 Å². The van der Waals surface area contributed by atoms with Crippen LogP contribution in [0, 0.1) is 0 Å². The van der Waals surface area contributed by atoms with Crippen LogP contribution in [0.2, 0.25) is 5.02 Å². The van der Waals surface area contributed by atoms with E-state index in [2.05, 4.69) is 10.1 Å².